The molecule has 0 bridgehead atoms. The van der Waals surface area contributed by atoms with Crippen LogP contribution in [0, 0.1) is 0 Å². The summed E-state index contributed by atoms with van der Waals surface area (Å²) in [6.45, 7) is 11.3. The van der Waals surface area contributed by atoms with Gasteiger partial charge in [-0.05, 0) is 42.5 Å². The van der Waals surface area contributed by atoms with Crippen LogP contribution in [-0.4, -0.2) is 16.8 Å². The van der Waals surface area contributed by atoms with Crippen LogP contribution in [0.3, 0.4) is 0 Å². The molecule has 0 radical (unpaired) electrons. The van der Waals surface area contributed by atoms with Gasteiger partial charge in [-0.1, -0.05) is 63.2 Å². The molecule has 2 heteroatoms. The maximum atomic E-state index is 12.9. The molecule has 2 aromatic carbocycles. The number of amides is 1. The molecule has 0 saturated carbocycles. The van der Waals surface area contributed by atoms with E-state index in [4.69, 9.17) is 0 Å². The molecule has 23 heavy (non-hydrogen) atoms. The Morgan fingerprint density at radius 2 is 1.52 bits per heavy atom. The summed E-state index contributed by atoms with van der Waals surface area (Å²) in [4.78, 5) is 14.8. The second kappa shape index (κ2) is 6.99. The monoisotopic (exact) mass is 309 g/mol. The van der Waals surface area contributed by atoms with Gasteiger partial charge in [0.1, 0.15) is 0 Å². The SMILES string of the molecule is CC(C)N(Cc1ccccc1)C(=O)c1ccc(C(C)(C)C)cc1. The van der Waals surface area contributed by atoms with Gasteiger partial charge in [0, 0.05) is 18.2 Å². The summed E-state index contributed by atoms with van der Waals surface area (Å²) >= 11 is 0. The third-order valence-corrected chi connectivity index (χ3v) is 4.08. The first-order valence-corrected chi connectivity index (χ1v) is 8.24. The molecule has 0 aliphatic rings. The largest absolute Gasteiger partial charge is 0.332 e. The number of hydrogen-bond acceptors (Lipinski definition) is 1. The summed E-state index contributed by atoms with van der Waals surface area (Å²) in [6.07, 6.45) is 0. The lowest BCUT2D eigenvalue weighted by atomic mass is 9.86. The van der Waals surface area contributed by atoms with Gasteiger partial charge in [0.15, 0.2) is 0 Å². The van der Waals surface area contributed by atoms with Gasteiger partial charge in [0.2, 0.25) is 0 Å². The van der Waals surface area contributed by atoms with E-state index in [9.17, 15) is 4.79 Å². The third kappa shape index (κ3) is 4.44. The topological polar surface area (TPSA) is 20.3 Å². The summed E-state index contributed by atoms with van der Waals surface area (Å²) in [7, 11) is 0. The van der Waals surface area contributed by atoms with E-state index < -0.39 is 0 Å². The van der Waals surface area contributed by atoms with E-state index in [-0.39, 0.29) is 17.4 Å². The van der Waals surface area contributed by atoms with Gasteiger partial charge in [-0.15, -0.1) is 0 Å². The van der Waals surface area contributed by atoms with E-state index in [1.807, 2.05) is 35.2 Å². The first-order valence-electron chi connectivity index (χ1n) is 8.24. The Balaban J connectivity index is 2.21. The molecule has 1 amide bonds. The molecule has 0 spiro atoms. The van der Waals surface area contributed by atoms with Crippen LogP contribution >= 0.6 is 0 Å². The van der Waals surface area contributed by atoms with E-state index >= 15 is 0 Å². The highest BCUT2D eigenvalue weighted by Gasteiger charge is 2.20. The first-order chi connectivity index (χ1) is 10.8. The van der Waals surface area contributed by atoms with Gasteiger partial charge < -0.3 is 4.90 Å². The molecule has 2 aromatic rings. The highest BCUT2D eigenvalue weighted by molar-refractivity contribution is 5.94. The predicted molar refractivity (Wildman–Crippen MR) is 96.6 cm³/mol. The van der Waals surface area contributed by atoms with E-state index in [0.29, 0.717) is 6.54 Å². The lowest BCUT2D eigenvalue weighted by Crippen LogP contribution is -2.36. The standard InChI is InChI=1S/C21H27NO/c1-16(2)22(15-17-9-7-6-8-10-17)20(23)18-11-13-19(14-12-18)21(3,4)5/h6-14,16H,15H2,1-5H3. The number of hydrogen-bond donors (Lipinski definition) is 0. The molecule has 0 atom stereocenters. The molecule has 0 fully saturated rings. The van der Waals surface area contributed by atoms with Crippen molar-refractivity contribution in [3.63, 3.8) is 0 Å². The Morgan fingerprint density at radius 1 is 0.957 bits per heavy atom. The van der Waals surface area contributed by atoms with E-state index in [1.54, 1.807) is 0 Å². The summed E-state index contributed by atoms with van der Waals surface area (Å²) in [5, 5.41) is 0. The Bertz CT molecular complexity index is 636. The molecule has 2 nitrogen and oxygen atoms in total. The highest BCUT2D eigenvalue weighted by atomic mass is 16.2. The maximum Gasteiger partial charge on any atom is 0.254 e. The molecule has 2 rings (SSSR count). The van der Waals surface area contributed by atoms with Gasteiger partial charge in [-0.25, -0.2) is 0 Å². The van der Waals surface area contributed by atoms with Crippen LogP contribution in [-0.2, 0) is 12.0 Å². The van der Waals surface area contributed by atoms with Crippen LogP contribution in [0.15, 0.2) is 54.6 Å². The quantitative estimate of drug-likeness (QED) is 0.775. The second-order valence-electron chi connectivity index (χ2n) is 7.34. The Morgan fingerprint density at radius 3 is 2.00 bits per heavy atom. The minimum absolute atomic E-state index is 0.0873. The second-order valence-corrected chi connectivity index (χ2v) is 7.34. The van der Waals surface area contributed by atoms with E-state index in [1.165, 1.54) is 5.56 Å². The fourth-order valence-corrected chi connectivity index (χ4v) is 2.55. The van der Waals surface area contributed by atoms with Gasteiger partial charge in [0.05, 0.1) is 0 Å². The number of benzene rings is 2. The van der Waals surface area contributed by atoms with Crippen molar-refractivity contribution in [1.29, 1.82) is 0 Å². The van der Waals surface area contributed by atoms with E-state index in [0.717, 1.165) is 11.1 Å². The molecule has 0 N–H and O–H groups in total. The summed E-state index contributed by atoms with van der Waals surface area (Å²) in [5.74, 6) is 0.0873. The average Bonchev–Trinajstić information content (AvgIpc) is 2.52. The van der Waals surface area contributed by atoms with Crippen molar-refractivity contribution < 1.29 is 4.79 Å². The average molecular weight is 309 g/mol. The van der Waals surface area contributed by atoms with Gasteiger partial charge in [0.25, 0.3) is 5.91 Å². The van der Waals surface area contributed by atoms with Crippen LogP contribution in [0.2, 0.25) is 0 Å². The highest BCUT2D eigenvalue weighted by Crippen LogP contribution is 2.23. The molecule has 122 valence electrons. The van der Waals surface area contributed by atoms with Crippen molar-refractivity contribution in [3.05, 3.63) is 71.3 Å². The van der Waals surface area contributed by atoms with Crippen molar-refractivity contribution in [2.45, 2.75) is 52.6 Å². The molecule has 0 unspecified atom stereocenters. The minimum Gasteiger partial charge on any atom is -0.332 e. The van der Waals surface area contributed by atoms with Gasteiger partial charge in [-0.2, -0.15) is 0 Å². The first kappa shape index (κ1) is 17.3. The van der Waals surface area contributed by atoms with Crippen LogP contribution in [0.5, 0.6) is 0 Å². The summed E-state index contributed by atoms with van der Waals surface area (Å²) < 4.78 is 0. The number of carbonyl (C=O) groups is 1. The van der Waals surface area contributed by atoms with Crippen molar-refractivity contribution in [2.24, 2.45) is 0 Å². The lowest BCUT2D eigenvalue weighted by Gasteiger charge is -2.27. The molecule has 0 saturated heterocycles. The van der Waals surface area contributed by atoms with Crippen LogP contribution in [0.25, 0.3) is 0 Å². The normalized spacial score (nSPS) is 11.6. The Kier molecular flexibility index (Phi) is 5.25. The number of rotatable bonds is 4. The Hall–Kier alpha value is -2.09. The molecular weight excluding hydrogens is 282 g/mol. The van der Waals surface area contributed by atoms with E-state index in [2.05, 4.69) is 58.9 Å². The van der Waals surface area contributed by atoms with Gasteiger partial charge in [-0.3, -0.25) is 4.79 Å². The fourth-order valence-electron chi connectivity index (χ4n) is 2.55. The molecule has 0 heterocycles. The number of carbonyl (C=O) groups excluding carboxylic acids is 1. The van der Waals surface area contributed by atoms with Crippen molar-refractivity contribution in [1.82, 2.24) is 4.90 Å². The molecular formula is C21H27NO. The smallest absolute Gasteiger partial charge is 0.254 e. The zero-order chi connectivity index (χ0) is 17.0. The maximum absolute atomic E-state index is 12.9. The van der Waals surface area contributed by atoms with Crippen LogP contribution < -0.4 is 0 Å². The third-order valence-electron chi connectivity index (χ3n) is 4.08. The summed E-state index contributed by atoms with van der Waals surface area (Å²) in [5.41, 5.74) is 3.25. The predicted octanol–water partition coefficient (Wildman–Crippen LogP) is 5.03. The molecule has 0 aliphatic heterocycles. The zero-order valence-corrected chi connectivity index (χ0v) is 14.8. The van der Waals surface area contributed by atoms with Gasteiger partial charge >= 0.3 is 0 Å². The van der Waals surface area contributed by atoms with Crippen LogP contribution in [0.1, 0.15) is 56.1 Å². The molecule has 0 aliphatic carbocycles. The summed E-state index contributed by atoms with van der Waals surface area (Å²) in [6, 6.07) is 18.3. The minimum atomic E-state index is 0.0873. The zero-order valence-electron chi connectivity index (χ0n) is 14.8. The van der Waals surface area contributed by atoms with Crippen LogP contribution in [0.4, 0.5) is 0 Å². The van der Waals surface area contributed by atoms with Crippen molar-refractivity contribution in [2.75, 3.05) is 0 Å². The lowest BCUT2D eigenvalue weighted by molar-refractivity contribution is 0.0690. The van der Waals surface area contributed by atoms with Crippen molar-refractivity contribution >= 4 is 5.91 Å². The fraction of sp³-hybridized carbons (Fsp3) is 0.381. The van der Waals surface area contributed by atoms with Crippen molar-refractivity contribution in [3.8, 4) is 0 Å². The Labute approximate surface area is 140 Å². The number of nitrogens with zero attached hydrogens (tertiary/aromatic N) is 1. The molecule has 0 aromatic heterocycles.